The van der Waals surface area contributed by atoms with Crippen LogP contribution in [-0.2, 0) is 0 Å². The van der Waals surface area contributed by atoms with Crippen LogP contribution in [0.4, 0.5) is 8.78 Å². The number of phenols is 1. The average molecular weight is 343 g/mol. The number of imidazole rings is 1. The molecule has 0 fully saturated rings. The van der Waals surface area contributed by atoms with Crippen molar-refractivity contribution in [3.63, 3.8) is 0 Å². The second kappa shape index (κ2) is 6.72. The van der Waals surface area contributed by atoms with Crippen LogP contribution in [0, 0.1) is 11.6 Å². The topological polar surface area (TPSA) is 67.2 Å². The standard InChI is InChI=1S/C18H15F2N3O2/c1-11(12-2-4-14(5-3-12)23-7-6-21-10-23)22-18(25)17-15(20)8-13(19)9-16(17)24/h2-11,24H,1H3,(H,22,25). The molecule has 0 saturated carbocycles. The summed E-state index contributed by atoms with van der Waals surface area (Å²) < 4.78 is 28.6. The van der Waals surface area contributed by atoms with Gasteiger partial charge in [-0.05, 0) is 24.6 Å². The lowest BCUT2D eigenvalue weighted by molar-refractivity contribution is 0.0932. The highest BCUT2D eigenvalue weighted by atomic mass is 19.1. The molecule has 0 aliphatic rings. The molecule has 0 saturated heterocycles. The number of hydrogen-bond acceptors (Lipinski definition) is 3. The molecular weight excluding hydrogens is 328 g/mol. The number of aromatic nitrogens is 2. The third-order valence-electron chi connectivity index (χ3n) is 3.80. The number of rotatable bonds is 4. The maximum absolute atomic E-state index is 13.8. The molecule has 3 aromatic rings. The summed E-state index contributed by atoms with van der Waals surface area (Å²) in [5.74, 6) is -3.62. The fraction of sp³-hybridized carbons (Fsp3) is 0.111. The second-order valence-corrected chi connectivity index (χ2v) is 5.54. The molecule has 3 rings (SSSR count). The quantitative estimate of drug-likeness (QED) is 0.763. The minimum atomic E-state index is -1.11. The molecule has 5 nitrogen and oxygen atoms in total. The van der Waals surface area contributed by atoms with Crippen molar-refractivity contribution in [2.45, 2.75) is 13.0 Å². The van der Waals surface area contributed by atoms with Gasteiger partial charge in [-0.25, -0.2) is 13.8 Å². The van der Waals surface area contributed by atoms with E-state index >= 15 is 0 Å². The summed E-state index contributed by atoms with van der Waals surface area (Å²) in [6, 6.07) is 8.17. The van der Waals surface area contributed by atoms with Gasteiger partial charge in [-0.15, -0.1) is 0 Å². The van der Waals surface area contributed by atoms with Gasteiger partial charge in [0.25, 0.3) is 5.91 Å². The molecule has 0 spiro atoms. The molecule has 1 heterocycles. The van der Waals surface area contributed by atoms with Crippen LogP contribution in [0.25, 0.3) is 5.69 Å². The van der Waals surface area contributed by atoms with Crippen LogP contribution >= 0.6 is 0 Å². The summed E-state index contributed by atoms with van der Waals surface area (Å²) in [6.07, 6.45) is 5.14. The number of nitrogens with one attached hydrogen (secondary N) is 1. The first kappa shape index (κ1) is 16.6. The summed E-state index contributed by atoms with van der Waals surface area (Å²) in [4.78, 5) is 16.2. The van der Waals surface area contributed by atoms with Gasteiger partial charge >= 0.3 is 0 Å². The molecule has 2 N–H and O–H groups in total. The van der Waals surface area contributed by atoms with E-state index < -0.39 is 34.9 Å². The van der Waals surface area contributed by atoms with E-state index in [9.17, 15) is 18.7 Å². The molecule has 7 heteroatoms. The van der Waals surface area contributed by atoms with Crippen molar-refractivity contribution >= 4 is 5.91 Å². The molecule has 1 aromatic heterocycles. The molecular formula is C18H15F2N3O2. The Bertz CT molecular complexity index is 870. The van der Waals surface area contributed by atoms with E-state index in [0.717, 1.165) is 11.3 Å². The highest BCUT2D eigenvalue weighted by Gasteiger charge is 2.20. The number of amides is 1. The molecule has 1 unspecified atom stereocenters. The maximum atomic E-state index is 13.8. The van der Waals surface area contributed by atoms with Gasteiger partial charge in [0.05, 0.1) is 12.4 Å². The molecule has 0 aliphatic carbocycles. The van der Waals surface area contributed by atoms with E-state index in [-0.39, 0.29) is 0 Å². The van der Waals surface area contributed by atoms with Crippen LogP contribution in [0.3, 0.4) is 0 Å². The second-order valence-electron chi connectivity index (χ2n) is 5.54. The van der Waals surface area contributed by atoms with E-state index in [1.54, 1.807) is 25.6 Å². The Kier molecular flexibility index (Phi) is 4.47. The van der Waals surface area contributed by atoms with Gasteiger partial charge in [0.1, 0.15) is 22.9 Å². The molecule has 2 aromatic carbocycles. The number of carbonyl (C=O) groups is 1. The van der Waals surface area contributed by atoms with Crippen LogP contribution in [0.5, 0.6) is 5.75 Å². The predicted molar refractivity (Wildman–Crippen MR) is 87.5 cm³/mol. The van der Waals surface area contributed by atoms with E-state index in [1.165, 1.54) is 0 Å². The Morgan fingerprint density at radius 1 is 1.24 bits per heavy atom. The Labute approximate surface area is 142 Å². The predicted octanol–water partition coefficient (Wildman–Crippen LogP) is 3.35. The normalized spacial score (nSPS) is 12.0. The lowest BCUT2D eigenvalue weighted by atomic mass is 10.1. The summed E-state index contributed by atoms with van der Waals surface area (Å²) in [6.45, 7) is 1.72. The van der Waals surface area contributed by atoms with Gasteiger partial charge in [-0.2, -0.15) is 0 Å². The van der Waals surface area contributed by atoms with Gasteiger partial charge in [-0.1, -0.05) is 12.1 Å². The molecule has 1 amide bonds. The minimum absolute atomic E-state index is 0.437. The third-order valence-corrected chi connectivity index (χ3v) is 3.80. The zero-order valence-corrected chi connectivity index (χ0v) is 13.3. The van der Waals surface area contributed by atoms with Crippen LogP contribution in [0.15, 0.2) is 55.1 Å². The molecule has 25 heavy (non-hydrogen) atoms. The van der Waals surface area contributed by atoms with Crippen LogP contribution in [0.2, 0.25) is 0 Å². The van der Waals surface area contributed by atoms with Gasteiger partial charge in [0, 0.05) is 30.2 Å². The van der Waals surface area contributed by atoms with Gasteiger partial charge < -0.3 is 15.0 Å². The summed E-state index contributed by atoms with van der Waals surface area (Å²) >= 11 is 0. The van der Waals surface area contributed by atoms with Crippen molar-refractivity contribution in [2.24, 2.45) is 0 Å². The first-order chi connectivity index (χ1) is 12.0. The summed E-state index contributed by atoms with van der Waals surface area (Å²) in [5, 5.41) is 12.2. The number of halogens is 2. The first-order valence-electron chi connectivity index (χ1n) is 7.53. The van der Waals surface area contributed by atoms with Crippen molar-refractivity contribution in [1.82, 2.24) is 14.9 Å². The fourth-order valence-corrected chi connectivity index (χ4v) is 2.48. The maximum Gasteiger partial charge on any atom is 0.258 e. The van der Waals surface area contributed by atoms with Gasteiger partial charge in [0.2, 0.25) is 0 Å². The average Bonchev–Trinajstić information content (AvgIpc) is 3.08. The Balaban J connectivity index is 1.76. The summed E-state index contributed by atoms with van der Waals surface area (Å²) in [7, 11) is 0. The van der Waals surface area contributed by atoms with Crippen molar-refractivity contribution in [3.8, 4) is 11.4 Å². The molecule has 0 radical (unpaired) electrons. The van der Waals surface area contributed by atoms with E-state index in [0.29, 0.717) is 12.1 Å². The number of phenolic OH excluding ortho intramolecular Hbond substituents is 1. The van der Waals surface area contributed by atoms with Crippen LogP contribution in [0.1, 0.15) is 28.9 Å². The van der Waals surface area contributed by atoms with E-state index in [4.69, 9.17) is 0 Å². The largest absolute Gasteiger partial charge is 0.507 e. The lowest BCUT2D eigenvalue weighted by Crippen LogP contribution is -2.27. The Morgan fingerprint density at radius 2 is 1.96 bits per heavy atom. The lowest BCUT2D eigenvalue weighted by Gasteiger charge is -2.16. The molecule has 0 bridgehead atoms. The van der Waals surface area contributed by atoms with Crippen molar-refractivity contribution in [1.29, 1.82) is 0 Å². The summed E-state index contributed by atoms with van der Waals surface area (Å²) in [5.41, 5.74) is 1.12. The number of hydrogen-bond donors (Lipinski definition) is 2. The Hall–Kier alpha value is -3.22. The zero-order valence-electron chi connectivity index (χ0n) is 13.3. The minimum Gasteiger partial charge on any atom is -0.507 e. The highest BCUT2D eigenvalue weighted by molar-refractivity contribution is 5.97. The van der Waals surface area contributed by atoms with Gasteiger partial charge in [-0.3, -0.25) is 4.79 Å². The number of aromatic hydroxyl groups is 1. The van der Waals surface area contributed by atoms with E-state index in [2.05, 4.69) is 10.3 Å². The van der Waals surface area contributed by atoms with Crippen LogP contribution < -0.4 is 5.32 Å². The highest BCUT2D eigenvalue weighted by Crippen LogP contribution is 2.23. The molecule has 1 atom stereocenters. The van der Waals surface area contributed by atoms with Gasteiger partial charge in [0.15, 0.2) is 0 Å². The number of benzene rings is 2. The smallest absolute Gasteiger partial charge is 0.258 e. The van der Waals surface area contributed by atoms with Crippen molar-refractivity contribution in [2.75, 3.05) is 0 Å². The number of carbonyl (C=O) groups excluding carboxylic acids is 1. The zero-order chi connectivity index (χ0) is 18.0. The third kappa shape index (κ3) is 3.50. The molecule has 0 aliphatic heterocycles. The Morgan fingerprint density at radius 3 is 2.56 bits per heavy atom. The fourth-order valence-electron chi connectivity index (χ4n) is 2.48. The SMILES string of the molecule is CC(NC(=O)c1c(O)cc(F)cc1F)c1ccc(-n2ccnc2)cc1. The monoisotopic (exact) mass is 343 g/mol. The number of nitrogens with zero attached hydrogens (tertiary/aromatic N) is 2. The van der Waals surface area contributed by atoms with Crippen molar-refractivity contribution < 1.29 is 18.7 Å². The van der Waals surface area contributed by atoms with Crippen molar-refractivity contribution in [3.05, 3.63) is 77.9 Å². The molecule has 128 valence electrons. The first-order valence-corrected chi connectivity index (χ1v) is 7.53. The van der Waals surface area contributed by atoms with Crippen LogP contribution in [-0.4, -0.2) is 20.6 Å². The van der Waals surface area contributed by atoms with E-state index in [1.807, 2.05) is 28.8 Å².